The quantitative estimate of drug-likeness (QED) is 0.379. The molecule has 7 nitrogen and oxygen atoms in total. The fraction of sp³-hybridized carbons (Fsp3) is 0.412. The molecule has 25 heavy (non-hydrogen) atoms. The van der Waals surface area contributed by atoms with Gasteiger partial charge in [-0.05, 0) is 31.5 Å². The summed E-state index contributed by atoms with van der Waals surface area (Å²) < 4.78 is 12.8. The van der Waals surface area contributed by atoms with Crippen LogP contribution >= 0.6 is 24.0 Å². The van der Waals surface area contributed by atoms with Gasteiger partial charge in [-0.25, -0.2) is 0 Å². The summed E-state index contributed by atoms with van der Waals surface area (Å²) in [5, 5.41) is 10.8. The summed E-state index contributed by atoms with van der Waals surface area (Å²) >= 11 is 0. The highest BCUT2D eigenvalue weighted by molar-refractivity contribution is 14.0. The van der Waals surface area contributed by atoms with Crippen LogP contribution in [0.3, 0.4) is 0 Å². The Labute approximate surface area is 165 Å². The summed E-state index contributed by atoms with van der Waals surface area (Å²) in [6.07, 6.45) is 3.86. The van der Waals surface area contributed by atoms with Gasteiger partial charge in [0.25, 0.3) is 0 Å². The zero-order chi connectivity index (χ0) is 17.4. The normalized spacial score (nSPS) is 10.8. The van der Waals surface area contributed by atoms with E-state index in [0.29, 0.717) is 24.1 Å². The van der Waals surface area contributed by atoms with Crippen LogP contribution in [0.2, 0.25) is 0 Å². The van der Waals surface area contributed by atoms with Crippen molar-refractivity contribution in [1.82, 2.24) is 15.1 Å². The van der Waals surface area contributed by atoms with Gasteiger partial charge in [-0.15, -0.1) is 24.0 Å². The maximum absolute atomic E-state index is 5.59. The van der Waals surface area contributed by atoms with Gasteiger partial charge in [-0.3, -0.25) is 9.67 Å². The fourth-order valence-corrected chi connectivity index (χ4v) is 2.22. The first-order valence-electron chi connectivity index (χ1n) is 7.93. The van der Waals surface area contributed by atoms with Gasteiger partial charge in [0.05, 0.1) is 26.5 Å². The van der Waals surface area contributed by atoms with Crippen LogP contribution in [0.5, 0.6) is 11.5 Å². The van der Waals surface area contributed by atoms with Crippen molar-refractivity contribution in [2.45, 2.75) is 20.4 Å². The predicted molar refractivity (Wildman–Crippen MR) is 112 cm³/mol. The molecule has 0 aliphatic heterocycles. The van der Waals surface area contributed by atoms with Crippen LogP contribution in [-0.2, 0) is 6.54 Å². The van der Waals surface area contributed by atoms with Crippen LogP contribution < -0.4 is 20.1 Å². The molecular formula is C17H26IN5O2. The van der Waals surface area contributed by atoms with Gasteiger partial charge in [0.2, 0.25) is 0 Å². The van der Waals surface area contributed by atoms with Crippen LogP contribution in [0.15, 0.2) is 35.6 Å². The largest absolute Gasteiger partial charge is 0.493 e. The Hall–Kier alpha value is -1.97. The summed E-state index contributed by atoms with van der Waals surface area (Å²) in [5.41, 5.74) is 2.03. The second-order valence-electron chi connectivity index (χ2n) is 5.20. The van der Waals surface area contributed by atoms with E-state index in [-0.39, 0.29) is 24.0 Å². The molecular weight excluding hydrogens is 433 g/mol. The highest BCUT2D eigenvalue weighted by atomic mass is 127. The number of aliphatic imine (C=N–C) groups is 1. The van der Waals surface area contributed by atoms with Crippen molar-refractivity contribution in [3.63, 3.8) is 0 Å². The van der Waals surface area contributed by atoms with Crippen molar-refractivity contribution in [3.8, 4) is 11.5 Å². The second-order valence-corrected chi connectivity index (χ2v) is 5.20. The lowest BCUT2D eigenvalue weighted by Gasteiger charge is -2.14. The lowest BCUT2D eigenvalue weighted by atomic mass is 10.2. The number of methoxy groups -OCH3 is 1. The molecule has 0 unspecified atom stereocenters. The maximum atomic E-state index is 5.59. The fourth-order valence-electron chi connectivity index (χ4n) is 2.22. The number of aryl methyl sites for hydroxylation is 1. The van der Waals surface area contributed by atoms with Gasteiger partial charge < -0.3 is 20.1 Å². The molecule has 0 radical (unpaired) electrons. The average molecular weight is 459 g/mol. The van der Waals surface area contributed by atoms with Crippen LogP contribution in [-0.4, -0.2) is 43.0 Å². The van der Waals surface area contributed by atoms with E-state index in [2.05, 4.69) is 20.7 Å². The Morgan fingerprint density at radius 2 is 2.12 bits per heavy atom. The van der Waals surface area contributed by atoms with Crippen molar-refractivity contribution in [2.24, 2.45) is 4.99 Å². The number of anilines is 1. The van der Waals surface area contributed by atoms with Crippen molar-refractivity contribution < 1.29 is 9.47 Å². The third-order valence-corrected chi connectivity index (χ3v) is 3.35. The zero-order valence-electron chi connectivity index (χ0n) is 15.1. The van der Waals surface area contributed by atoms with E-state index >= 15 is 0 Å². The lowest BCUT2D eigenvalue weighted by molar-refractivity contribution is 0.311. The number of ether oxygens (including phenoxy) is 2. The first kappa shape index (κ1) is 21.1. The minimum Gasteiger partial charge on any atom is -0.493 e. The molecule has 0 bridgehead atoms. The molecule has 8 heteroatoms. The van der Waals surface area contributed by atoms with Crippen LogP contribution in [0.1, 0.15) is 12.5 Å². The molecule has 0 spiro atoms. The summed E-state index contributed by atoms with van der Waals surface area (Å²) in [7, 11) is 3.36. The summed E-state index contributed by atoms with van der Waals surface area (Å²) in [6.45, 7) is 6.03. The summed E-state index contributed by atoms with van der Waals surface area (Å²) in [6, 6.07) is 5.68. The summed E-state index contributed by atoms with van der Waals surface area (Å²) in [5.74, 6) is 2.10. The van der Waals surface area contributed by atoms with E-state index in [9.17, 15) is 0 Å². The van der Waals surface area contributed by atoms with E-state index in [4.69, 9.17) is 9.47 Å². The van der Waals surface area contributed by atoms with Gasteiger partial charge >= 0.3 is 0 Å². The number of aromatic nitrogens is 2. The number of hydrogen-bond acceptors (Lipinski definition) is 4. The molecule has 0 fully saturated rings. The maximum Gasteiger partial charge on any atom is 0.195 e. The first-order chi connectivity index (χ1) is 11.7. The van der Waals surface area contributed by atoms with E-state index < -0.39 is 0 Å². The Balaban J connectivity index is 0.00000312. The van der Waals surface area contributed by atoms with Gasteiger partial charge in [-0.2, -0.15) is 5.10 Å². The third kappa shape index (κ3) is 6.45. The molecule has 0 amide bonds. The first-order valence-corrected chi connectivity index (χ1v) is 7.93. The lowest BCUT2D eigenvalue weighted by Crippen LogP contribution is -2.33. The van der Waals surface area contributed by atoms with Gasteiger partial charge in [0.15, 0.2) is 17.5 Å². The van der Waals surface area contributed by atoms with Gasteiger partial charge in [0, 0.05) is 31.5 Å². The molecule has 0 saturated carbocycles. The molecule has 2 aromatic rings. The number of halogens is 1. The van der Waals surface area contributed by atoms with Crippen molar-refractivity contribution in [3.05, 3.63) is 36.2 Å². The van der Waals surface area contributed by atoms with Gasteiger partial charge in [-0.1, -0.05) is 0 Å². The number of hydrogen-bond donors (Lipinski definition) is 2. The van der Waals surface area contributed by atoms with Crippen molar-refractivity contribution >= 4 is 35.6 Å². The Bertz CT molecular complexity index is 687. The van der Waals surface area contributed by atoms with E-state index in [0.717, 1.165) is 24.3 Å². The zero-order valence-corrected chi connectivity index (χ0v) is 17.4. The third-order valence-electron chi connectivity index (χ3n) is 3.35. The number of nitrogens with one attached hydrogen (secondary N) is 2. The molecule has 2 N–H and O–H groups in total. The molecule has 2 rings (SSSR count). The topological polar surface area (TPSA) is 72.7 Å². The molecule has 1 heterocycles. The summed E-state index contributed by atoms with van der Waals surface area (Å²) in [4.78, 5) is 4.23. The standard InChI is InChI=1S/C17H25N5O2.HI/c1-5-24-16-10-14(6-7-15(16)23-4)21-17(18-3)19-8-9-22-12-13(2)11-20-22;/h6-7,10-12H,5,8-9H2,1-4H3,(H2,18,19,21);1H. The van der Waals surface area contributed by atoms with Crippen LogP contribution in [0, 0.1) is 6.92 Å². The average Bonchev–Trinajstić information content (AvgIpc) is 3.00. The Kier molecular flexibility index (Phi) is 9.11. The molecule has 0 aliphatic carbocycles. The molecule has 1 aromatic carbocycles. The number of rotatable bonds is 7. The van der Waals surface area contributed by atoms with E-state index in [1.54, 1.807) is 14.2 Å². The number of benzene rings is 1. The molecule has 138 valence electrons. The molecule has 0 atom stereocenters. The molecule has 1 aromatic heterocycles. The van der Waals surface area contributed by atoms with Crippen LogP contribution in [0.25, 0.3) is 0 Å². The molecule has 0 aliphatic rings. The predicted octanol–water partition coefficient (Wildman–Crippen LogP) is 2.90. The molecule has 0 saturated heterocycles. The van der Waals surface area contributed by atoms with Crippen molar-refractivity contribution in [2.75, 3.05) is 32.6 Å². The van der Waals surface area contributed by atoms with Crippen molar-refractivity contribution in [1.29, 1.82) is 0 Å². The Morgan fingerprint density at radius 1 is 1.32 bits per heavy atom. The van der Waals surface area contributed by atoms with Crippen LogP contribution in [0.4, 0.5) is 5.69 Å². The number of nitrogens with zero attached hydrogens (tertiary/aromatic N) is 3. The number of guanidine groups is 1. The van der Waals surface area contributed by atoms with Gasteiger partial charge in [0.1, 0.15) is 0 Å². The monoisotopic (exact) mass is 459 g/mol. The van der Waals surface area contributed by atoms with E-state index in [1.165, 1.54) is 0 Å². The Morgan fingerprint density at radius 3 is 2.72 bits per heavy atom. The van der Waals surface area contributed by atoms with E-state index in [1.807, 2.05) is 49.1 Å². The minimum absolute atomic E-state index is 0. The smallest absolute Gasteiger partial charge is 0.195 e. The highest BCUT2D eigenvalue weighted by Gasteiger charge is 2.07. The second kappa shape index (κ2) is 10.8. The minimum atomic E-state index is 0. The highest BCUT2D eigenvalue weighted by Crippen LogP contribution is 2.30. The SMILES string of the molecule is CCOc1cc(NC(=NC)NCCn2cc(C)cn2)ccc1OC.I.